The van der Waals surface area contributed by atoms with Crippen LogP contribution in [0, 0.1) is 6.92 Å². The van der Waals surface area contributed by atoms with Gasteiger partial charge in [-0.25, -0.2) is 0 Å². The van der Waals surface area contributed by atoms with E-state index in [0.717, 1.165) is 0 Å². The number of pyridine rings is 1. The first-order valence-corrected chi connectivity index (χ1v) is 7.80. The average Bonchev–Trinajstić information content (AvgIpc) is 2.60. The molecular weight excluding hydrogens is 340 g/mol. The van der Waals surface area contributed by atoms with Gasteiger partial charge in [0.15, 0.2) is 0 Å². The zero-order valence-corrected chi connectivity index (χ0v) is 14.7. The first kappa shape index (κ1) is 19.0. The molecule has 0 saturated heterocycles. The minimum atomic E-state index is -1.11. The summed E-state index contributed by atoms with van der Waals surface area (Å²) in [6.07, 6.45) is -0.377. The maximum absolute atomic E-state index is 12.5. The maximum Gasteiger partial charge on any atom is 0.305 e. The SMILES string of the molecule is COc1ccc(C(CC(=O)O)NC(=O)c2ccc(C)[nH]c2=O)c(OC)c1. The van der Waals surface area contributed by atoms with Crippen LogP contribution in [-0.4, -0.2) is 36.2 Å². The van der Waals surface area contributed by atoms with Crippen LogP contribution in [0.25, 0.3) is 0 Å². The average molecular weight is 360 g/mol. The van der Waals surface area contributed by atoms with E-state index in [1.165, 1.54) is 20.3 Å². The van der Waals surface area contributed by atoms with Crippen molar-refractivity contribution in [2.24, 2.45) is 0 Å². The topological polar surface area (TPSA) is 118 Å². The van der Waals surface area contributed by atoms with Crippen LogP contribution in [0.2, 0.25) is 0 Å². The van der Waals surface area contributed by atoms with Crippen LogP contribution < -0.4 is 20.3 Å². The minimum absolute atomic E-state index is 0.0986. The van der Waals surface area contributed by atoms with E-state index in [1.54, 1.807) is 31.2 Å². The fourth-order valence-electron chi connectivity index (χ4n) is 2.51. The quantitative estimate of drug-likeness (QED) is 0.691. The number of aryl methyl sites for hydroxylation is 1. The highest BCUT2D eigenvalue weighted by Gasteiger charge is 2.23. The van der Waals surface area contributed by atoms with E-state index < -0.39 is 23.5 Å². The number of benzene rings is 1. The predicted molar refractivity (Wildman–Crippen MR) is 93.8 cm³/mol. The van der Waals surface area contributed by atoms with Crippen LogP contribution in [0.5, 0.6) is 11.5 Å². The molecule has 0 radical (unpaired) electrons. The lowest BCUT2D eigenvalue weighted by atomic mass is 10.0. The molecule has 0 aliphatic heterocycles. The van der Waals surface area contributed by atoms with Crippen molar-refractivity contribution in [2.45, 2.75) is 19.4 Å². The summed E-state index contributed by atoms with van der Waals surface area (Å²) >= 11 is 0. The normalized spacial score (nSPS) is 11.5. The molecule has 0 aliphatic carbocycles. The molecule has 0 aliphatic rings. The number of hydrogen-bond acceptors (Lipinski definition) is 5. The zero-order chi connectivity index (χ0) is 19.3. The van der Waals surface area contributed by atoms with Gasteiger partial charge in [0.25, 0.3) is 11.5 Å². The van der Waals surface area contributed by atoms with Gasteiger partial charge < -0.3 is 24.9 Å². The molecular formula is C18H20N2O6. The van der Waals surface area contributed by atoms with Gasteiger partial charge in [-0.3, -0.25) is 14.4 Å². The first-order chi connectivity index (χ1) is 12.3. The summed E-state index contributed by atoms with van der Waals surface area (Å²) in [6, 6.07) is 6.95. The molecule has 2 aromatic rings. The summed E-state index contributed by atoms with van der Waals surface area (Å²) < 4.78 is 10.4. The molecule has 1 aromatic carbocycles. The van der Waals surface area contributed by atoms with Crippen LogP contribution in [-0.2, 0) is 4.79 Å². The number of H-pyrrole nitrogens is 1. The number of amides is 1. The van der Waals surface area contributed by atoms with Gasteiger partial charge in [0.05, 0.1) is 26.7 Å². The lowest BCUT2D eigenvalue weighted by Gasteiger charge is -2.20. The van der Waals surface area contributed by atoms with Crippen molar-refractivity contribution in [3.63, 3.8) is 0 Å². The van der Waals surface area contributed by atoms with E-state index in [1.807, 2.05) is 0 Å². The highest BCUT2D eigenvalue weighted by atomic mass is 16.5. The van der Waals surface area contributed by atoms with Gasteiger partial charge in [-0.15, -0.1) is 0 Å². The number of carboxylic acids is 1. The fourth-order valence-corrected chi connectivity index (χ4v) is 2.51. The summed E-state index contributed by atoms with van der Waals surface area (Å²) in [5, 5.41) is 11.8. The van der Waals surface area contributed by atoms with E-state index in [4.69, 9.17) is 9.47 Å². The summed E-state index contributed by atoms with van der Waals surface area (Å²) in [5.41, 5.74) is 0.440. The number of hydrogen-bond donors (Lipinski definition) is 3. The van der Waals surface area contributed by atoms with Crippen LogP contribution in [0.1, 0.15) is 34.1 Å². The monoisotopic (exact) mass is 360 g/mol. The lowest BCUT2D eigenvalue weighted by molar-refractivity contribution is -0.137. The van der Waals surface area contributed by atoms with E-state index in [0.29, 0.717) is 22.8 Å². The van der Waals surface area contributed by atoms with E-state index in [2.05, 4.69) is 10.3 Å². The molecule has 26 heavy (non-hydrogen) atoms. The number of ether oxygens (including phenoxy) is 2. The van der Waals surface area contributed by atoms with E-state index >= 15 is 0 Å². The lowest BCUT2D eigenvalue weighted by Crippen LogP contribution is -2.34. The standard InChI is InChI=1S/C18H20N2O6/c1-10-4-6-13(17(23)19-10)18(24)20-14(9-16(21)22)12-7-5-11(25-2)8-15(12)26-3/h4-8,14H,9H2,1-3H3,(H,19,23)(H,20,24)(H,21,22). The van der Waals surface area contributed by atoms with E-state index in [9.17, 15) is 19.5 Å². The van der Waals surface area contributed by atoms with Crippen molar-refractivity contribution < 1.29 is 24.2 Å². The molecule has 8 nitrogen and oxygen atoms in total. The Kier molecular flexibility index (Phi) is 6.00. The van der Waals surface area contributed by atoms with Crippen molar-refractivity contribution in [1.29, 1.82) is 0 Å². The second kappa shape index (κ2) is 8.19. The van der Waals surface area contributed by atoms with Gasteiger partial charge >= 0.3 is 5.97 Å². The van der Waals surface area contributed by atoms with Gasteiger partial charge in [0.2, 0.25) is 0 Å². The third-order valence-electron chi connectivity index (χ3n) is 3.80. The molecule has 1 heterocycles. The molecule has 1 unspecified atom stereocenters. The fraction of sp³-hybridized carbons (Fsp3) is 0.278. The Bertz CT molecular complexity index is 874. The van der Waals surface area contributed by atoms with Crippen LogP contribution in [0.15, 0.2) is 35.1 Å². The molecule has 0 saturated carbocycles. The van der Waals surface area contributed by atoms with Crippen molar-refractivity contribution in [3.8, 4) is 11.5 Å². The van der Waals surface area contributed by atoms with Crippen LogP contribution in [0.4, 0.5) is 0 Å². The Hall–Kier alpha value is -3.29. The maximum atomic E-state index is 12.5. The van der Waals surface area contributed by atoms with Crippen molar-refractivity contribution in [3.05, 3.63) is 57.5 Å². The van der Waals surface area contributed by atoms with Gasteiger partial charge in [-0.2, -0.15) is 0 Å². The molecule has 2 rings (SSSR count). The number of aliphatic carboxylic acids is 1. The predicted octanol–water partition coefficient (Wildman–Crippen LogP) is 1.65. The van der Waals surface area contributed by atoms with Crippen molar-refractivity contribution >= 4 is 11.9 Å². The van der Waals surface area contributed by atoms with Crippen LogP contribution >= 0.6 is 0 Å². The van der Waals surface area contributed by atoms with Gasteiger partial charge in [0.1, 0.15) is 17.1 Å². The number of carbonyl (C=O) groups excluding carboxylic acids is 1. The van der Waals surface area contributed by atoms with Gasteiger partial charge in [0, 0.05) is 17.3 Å². The smallest absolute Gasteiger partial charge is 0.305 e. The van der Waals surface area contributed by atoms with E-state index in [-0.39, 0.29) is 12.0 Å². The Morgan fingerprint density at radius 1 is 1.19 bits per heavy atom. The molecule has 0 spiro atoms. The Morgan fingerprint density at radius 2 is 1.92 bits per heavy atom. The van der Waals surface area contributed by atoms with Gasteiger partial charge in [-0.05, 0) is 31.2 Å². The molecule has 1 amide bonds. The Balaban J connectivity index is 2.37. The third kappa shape index (κ3) is 4.41. The number of nitrogens with one attached hydrogen (secondary N) is 2. The number of carboxylic acid groups (broad SMARTS) is 1. The minimum Gasteiger partial charge on any atom is -0.497 e. The number of rotatable bonds is 7. The highest BCUT2D eigenvalue weighted by Crippen LogP contribution is 2.31. The number of aromatic amines is 1. The summed E-state index contributed by atoms with van der Waals surface area (Å²) in [6.45, 7) is 1.69. The largest absolute Gasteiger partial charge is 0.497 e. The number of methoxy groups -OCH3 is 2. The molecule has 3 N–H and O–H groups in total. The third-order valence-corrected chi connectivity index (χ3v) is 3.80. The van der Waals surface area contributed by atoms with Crippen LogP contribution in [0.3, 0.4) is 0 Å². The zero-order valence-electron chi connectivity index (χ0n) is 14.7. The first-order valence-electron chi connectivity index (χ1n) is 7.80. The molecule has 1 atom stereocenters. The number of aromatic nitrogens is 1. The second-order valence-corrected chi connectivity index (χ2v) is 5.62. The molecule has 1 aromatic heterocycles. The van der Waals surface area contributed by atoms with Crippen molar-refractivity contribution in [2.75, 3.05) is 14.2 Å². The molecule has 0 fully saturated rings. The summed E-state index contributed by atoms with van der Waals surface area (Å²) in [5.74, 6) is -0.879. The molecule has 0 bridgehead atoms. The Morgan fingerprint density at radius 3 is 2.50 bits per heavy atom. The highest BCUT2D eigenvalue weighted by molar-refractivity contribution is 5.94. The van der Waals surface area contributed by atoms with Crippen molar-refractivity contribution in [1.82, 2.24) is 10.3 Å². The Labute approximate surface area is 149 Å². The molecule has 138 valence electrons. The van der Waals surface area contributed by atoms with Gasteiger partial charge in [-0.1, -0.05) is 0 Å². The summed E-state index contributed by atoms with van der Waals surface area (Å²) in [7, 11) is 2.93. The molecule has 8 heteroatoms. The number of carbonyl (C=O) groups is 2. The second-order valence-electron chi connectivity index (χ2n) is 5.62. The summed E-state index contributed by atoms with van der Waals surface area (Å²) in [4.78, 5) is 38.2.